The normalized spacial score (nSPS) is 10.2. The van der Waals surface area contributed by atoms with Gasteiger partial charge in [-0.2, -0.15) is 0 Å². The zero-order valence-corrected chi connectivity index (χ0v) is 9.95. The minimum absolute atomic E-state index is 0.0561. The molecule has 1 heterocycles. The molecule has 0 amide bonds. The molecule has 2 rings (SSSR count). The van der Waals surface area contributed by atoms with Gasteiger partial charge < -0.3 is 9.52 Å². The number of carbonyl (C=O) groups is 1. The van der Waals surface area contributed by atoms with E-state index in [1.54, 1.807) is 25.1 Å². The Morgan fingerprint density at radius 1 is 1.53 bits per heavy atom. The number of nitrogens with zero attached hydrogens (tertiary/aromatic N) is 3. The number of rotatable bonds is 3. The van der Waals surface area contributed by atoms with Gasteiger partial charge >= 0.3 is 11.6 Å². The van der Waals surface area contributed by atoms with E-state index >= 15 is 0 Å². The minimum atomic E-state index is -1.13. The number of hydrogen-bond acceptors (Lipinski definition) is 4. The summed E-state index contributed by atoms with van der Waals surface area (Å²) < 4.78 is 5.06. The summed E-state index contributed by atoms with van der Waals surface area (Å²) in [6.45, 7) is 1.61. The highest BCUT2D eigenvalue weighted by Gasteiger charge is 2.15. The number of azide groups is 1. The molecular formula is C12H9N3O4. The maximum atomic E-state index is 11.7. The van der Waals surface area contributed by atoms with E-state index in [-0.39, 0.29) is 11.1 Å². The average molecular weight is 259 g/mol. The lowest BCUT2D eigenvalue weighted by atomic mass is 10.0. The summed E-state index contributed by atoms with van der Waals surface area (Å²) in [5.74, 6) is -1.13. The van der Waals surface area contributed by atoms with Gasteiger partial charge in [0.2, 0.25) is 0 Å². The highest BCUT2D eigenvalue weighted by Crippen LogP contribution is 2.29. The van der Waals surface area contributed by atoms with Crippen LogP contribution in [0.1, 0.15) is 11.1 Å². The van der Waals surface area contributed by atoms with E-state index in [2.05, 4.69) is 10.0 Å². The van der Waals surface area contributed by atoms with Crippen molar-refractivity contribution in [2.24, 2.45) is 5.11 Å². The predicted octanol–water partition coefficient (Wildman–Crippen LogP) is 2.67. The van der Waals surface area contributed by atoms with Crippen molar-refractivity contribution in [2.75, 3.05) is 0 Å². The molecule has 0 fully saturated rings. The summed E-state index contributed by atoms with van der Waals surface area (Å²) >= 11 is 0. The lowest BCUT2D eigenvalue weighted by Gasteiger charge is -2.07. The number of fused-ring (bicyclic) bond motifs is 1. The van der Waals surface area contributed by atoms with Crippen molar-refractivity contribution in [3.63, 3.8) is 0 Å². The first-order valence-corrected chi connectivity index (χ1v) is 5.36. The molecule has 0 unspecified atom stereocenters. The van der Waals surface area contributed by atoms with E-state index in [4.69, 9.17) is 15.1 Å². The van der Waals surface area contributed by atoms with Crippen molar-refractivity contribution in [3.8, 4) is 0 Å². The number of benzene rings is 1. The lowest BCUT2D eigenvalue weighted by Crippen LogP contribution is -2.14. The van der Waals surface area contributed by atoms with Crippen LogP contribution in [-0.4, -0.2) is 11.1 Å². The van der Waals surface area contributed by atoms with E-state index < -0.39 is 18.0 Å². The van der Waals surface area contributed by atoms with Crippen LogP contribution in [0.3, 0.4) is 0 Å². The first-order valence-electron chi connectivity index (χ1n) is 5.36. The molecule has 0 atom stereocenters. The van der Waals surface area contributed by atoms with E-state index in [1.165, 1.54) is 0 Å². The number of aryl methyl sites for hydroxylation is 1. The maximum absolute atomic E-state index is 11.7. The molecule has 0 radical (unpaired) electrons. The molecule has 0 saturated carbocycles. The minimum Gasteiger partial charge on any atom is -0.481 e. The highest BCUT2D eigenvalue weighted by atomic mass is 16.4. The molecule has 1 aromatic heterocycles. The van der Waals surface area contributed by atoms with Crippen LogP contribution in [0.25, 0.3) is 21.4 Å². The Labute approximate surface area is 106 Å². The van der Waals surface area contributed by atoms with Crippen molar-refractivity contribution < 1.29 is 14.3 Å². The number of carboxylic acid groups (broad SMARTS) is 1. The molecule has 0 aliphatic rings. The fourth-order valence-corrected chi connectivity index (χ4v) is 1.93. The topological polar surface area (TPSA) is 116 Å². The molecule has 7 heteroatoms. The van der Waals surface area contributed by atoms with Gasteiger partial charge in [-0.05, 0) is 24.1 Å². The fraction of sp³-hybridized carbons (Fsp3) is 0.167. The quantitative estimate of drug-likeness (QED) is 0.394. The van der Waals surface area contributed by atoms with E-state index in [0.29, 0.717) is 16.6 Å². The van der Waals surface area contributed by atoms with Gasteiger partial charge in [0.05, 0.1) is 12.0 Å². The van der Waals surface area contributed by atoms with Gasteiger partial charge in [0.15, 0.2) is 0 Å². The van der Waals surface area contributed by atoms with E-state index in [1.807, 2.05) is 0 Å². The molecule has 0 bridgehead atoms. The average Bonchev–Trinajstić information content (AvgIpc) is 2.34. The van der Waals surface area contributed by atoms with Crippen molar-refractivity contribution >= 4 is 22.6 Å². The van der Waals surface area contributed by atoms with Gasteiger partial charge in [-0.1, -0.05) is 17.2 Å². The van der Waals surface area contributed by atoms with Gasteiger partial charge in [0.1, 0.15) is 5.58 Å². The first kappa shape index (κ1) is 12.7. The summed E-state index contributed by atoms with van der Waals surface area (Å²) in [4.78, 5) is 25.2. The number of carboxylic acids is 1. The second-order valence-electron chi connectivity index (χ2n) is 3.90. The molecule has 7 nitrogen and oxygen atoms in total. The van der Waals surface area contributed by atoms with Crippen molar-refractivity contribution in [2.45, 2.75) is 13.3 Å². The molecule has 0 spiro atoms. The Morgan fingerprint density at radius 2 is 2.26 bits per heavy atom. The molecule has 0 aliphatic heterocycles. The molecule has 96 valence electrons. The van der Waals surface area contributed by atoms with Gasteiger partial charge in [-0.15, -0.1) is 0 Å². The smallest absolute Gasteiger partial charge is 0.340 e. The SMILES string of the molecule is Cc1c(CC(=O)O)c(=O)oc2cccc(N=[N+]=[N-])c12. The molecule has 1 aromatic carbocycles. The Bertz CT molecular complexity index is 772. The summed E-state index contributed by atoms with van der Waals surface area (Å²) in [6, 6.07) is 4.72. The summed E-state index contributed by atoms with van der Waals surface area (Å²) in [6.07, 6.45) is -0.436. The summed E-state index contributed by atoms with van der Waals surface area (Å²) in [5, 5.41) is 12.8. The van der Waals surface area contributed by atoms with E-state index in [9.17, 15) is 9.59 Å². The molecular weight excluding hydrogens is 250 g/mol. The third kappa shape index (κ3) is 2.27. The van der Waals surface area contributed by atoms with Crippen molar-refractivity contribution in [3.05, 3.63) is 50.2 Å². The highest BCUT2D eigenvalue weighted by molar-refractivity contribution is 5.92. The third-order valence-electron chi connectivity index (χ3n) is 2.76. The number of aliphatic carboxylic acids is 1. The van der Waals surface area contributed by atoms with Crippen molar-refractivity contribution in [1.82, 2.24) is 0 Å². The Morgan fingerprint density at radius 3 is 2.89 bits per heavy atom. The van der Waals surface area contributed by atoms with E-state index in [0.717, 1.165) is 0 Å². The molecule has 2 aromatic rings. The number of hydrogen-bond donors (Lipinski definition) is 1. The fourth-order valence-electron chi connectivity index (χ4n) is 1.93. The van der Waals surface area contributed by atoms with Crippen molar-refractivity contribution in [1.29, 1.82) is 0 Å². The first-order chi connectivity index (χ1) is 9.04. The van der Waals surface area contributed by atoms with Crippen LogP contribution >= 0.6 is 0 Å². The third-order valence-corrected chi connectivity index (χ3v) is 2.76. The van der Waals surface area contributed by atoms with Crippen LogP contribution in [-0.2, 0) is 11.2 Å². The maximum Gasteiger partial charge on any atom is 0.340 e. The molecule has 0 aliphatic carbocycles. The van der Waals surface area contributed by atoms with Crippen LogP contribution in [0, 0.1) is 6.92 Å². The molecule has 0 saturated heterocycles. The molecule has 1 N–H and O–H groups in total. The lowest BCUT2D eigenvalue weighted by molar-refractivity contribution is -0.136. The Hall–Kier alpha value is -2.79. The second-order valence-corrected chi connectivity index (χ2v) is 3.90. The van der Waals surface area contributed by atoms with Gasteiger partial charge in [-0.3, -0.25) is 4.79 Å². The van der Waals surface area contributed by atoms with Crippen LogP contribution < -0.4 is 5.63 Å². The van der Waals surface area contributed by atoms with Crippen LogP contribution in [0.4, 0.5) is 5.69 Å². The molecule has 19 heavy (non-hydrogen) atoms. The van der Waals surface area contributed by atoms with Crippen LogP contribution in [0.5, 0.6) is 0 Å². The van der Waals surface area contributed by atoms with Gasteiger partial charge in [0, 0.05) is 16.0 Å². The standard InChI is InChI=1S/C12H9N3O4/c1-6-7(5-10(16)17)12(18)19-9-4-2-3-8(11(6)9)14-15-13/h2-4H,5H2,1H3,(H,16,17). The van der Waals surface area contributed by atoms with Gasteiger partial charge in [-0.25, -0.2) is 4.79 Å². The zero-order chi connectivity index (χ0) is 14.0. The predicted molar refractivity (Wildman–Crippen MR) is 67.4 cm³/mol. The largest absolute Gasteiger partial charge is 0.481 e. The Balaban J connectivity index is 2.87. The second kappa shape index (κ2) is 4.83. The summed E-state index contributed by atoms with van der Waals surface area (Å²) in [5.41, 5.74) is 8.90. The monoisotopic (exact) mass is 259 g/mol. The Kier molecular flexibility index (Phi) is 3.22. The summed E-state index contributed by atoms with van der Waals surface area (Å²) in [7, 11) is 0. The zero-order valence-electron chi connectivity index (χ0n) is 9.95. The van der Waals surface area contributed by atoms with Gasteiger partial charge in [0.25, 0.3) is 0 Å². The van der Waals surface area contributed by atoms with Crippen LogP contribution in [0.15, 0.2) is 32.5 Å². The van der Waals surface area contributed by atoms with Crippen LogP contribution in [0.2, 0.25) is 0 Å².